The van der Waals surface area contributed by atoms with Gasteiger partial charge in [0.25, 0.3) is 0 Å². The van der Waals surface area contributed by atoms with Gasteiger partial charge in [0.2, 0.25) is 0 Å². The van der Waals surface area contributed by atoms with Crippen LogP contribution in [0, 0.1) is 17.5 Å². The average Bonchev–Trinajstić information content (AvgIpc) is 2.51. The van der Waals surface area contributed by atoms with E-state index in [0.29, 0.717) is 18.2 Å². The van der Waals surface area contributed by atoms with Crippen molar-refractivity contribution in [2.75, 3.05) is 33.3 Å². The molecule has 0 atom stereocenters. The van der Waals surface area contributed by atoms with Gasteiger partial charge in [-0.3, -0.25) is 4.90 Å². The van der Waals surface area contributed by atoms with Gasteiger partial charge in [0.15, 0.2) is 17.5 Å². The lowest BCUT2D eigenvalue weighted by Crippen LogP contribution is -2.43. The van der Waals surface area contributed by atoms with Crippen molar-refractivity contribution >= 4 is 0 Å². The number of benzene rings is 1. The van der Waals surface area contributed by atoms with Crippen molar-refractivity contribution in [3.63, 3.8) is 0 Å². The Hall–Kier alpha value is -1.11. The highest BCUT2D eigenvalue weighted by molar-refractivity contribution is 5.19. The van der Waals surface area contributed by atoms with E-state index in [1.54, 1.807) is 0 Å². The van der Waals surface area contributed by atoms with Crippen molar-refractivity contribution in [3.8, 4) is 0 Å². The number of hydrogen-bond acceptors (Lipinski definition) is 3. The molecule has 2 rings (SSSR count). The number of piperidine rings is 1. The van der Waals surface area contributed by atoms with Gasteiger partial charge in [-0.2, -0.15) is 0 Å². The Morgan fingerprint density at radius 2 is 1.77 bits per heavy atom. The molecular weight excluding hydrogens is 293 g/mol. The maximum Gasteiger partial charge on any atom is 0.194 e. The van der Waals surface area contributed by atoms with E-state index >= 15 is 0 Å². The minimum absolute atomic E-state index is 0.199. The topological polar surface area (TPSA) is 26.7 Å². The van der Waals surface area contributed by atoms with Crippen LogP contribution in [-0.4, -0.2) is 54.2 Å². The molecule has 1 aliphatic heterocycles. The Morgan fingerprint density at radius 3 is 2.32 bits per heavy atom. The molecule has 3 nitrogen and oxygen atoms in total. The zero-order chi connectivity index (χ0) is 16.1. The number of aliphatic hydroxyl groups is 1. The van der Waals surface area contributed by atoms with Gasteiger partial charge >= 0.3 is 0 Å². The molecule has 124 valence electrons. The number of hydrogen-bond donors (Lipinski definition) is 1. The molecule has 0 spiro atoms. The van der Waals surface area contributed by atoms with E-state index < -0.39 is 17.5 Å². The third-order valence-corrected chi connectivity index (χ3v) is 4.30. The van der Waals surface area contributed by atoms with E-state index in [0.717, 1.165) is 51.0 Å². The fraction of sp³-hybridized carbons (Fsp3) is 0.625. The smallest absolute Gasteiger partial charge is 0.194 e. The van der Waals surface area contributed by atoms with Gasteiger partial charge in [0, 0.05) is 25.7 Å². The molecule has 0 aliphatic carbocycles. The maximum absolute atomic E-state index is 13.2. The summed E-state index contributed by atoms with van der Waals surface area (Å²) in [6.45, 7) is 3.19. The van der Waals surface area contributed by atoms with Crippen LogP contribution < -0.4 is 0 Å². The second kappa shape index (κ2) is 7.94. The zero-order valence-corrected chi connectivity index (χ0v) is 12.9. The Morgan fingerprint density at radius 1 is 1.18 bits per heavy atom. The highest BCUT2D eigenvalue weighted by Gasteiger charge is 2.22. The summed E-state index contributed by atoms with van der Waals surface area (Å²) in [7, 11) is 2.06. The van der Waals surface area contributed by atoms with E-state index in [1.165, 1.54) is 0 Å². The van der Waals surface area contributed by atoms with Gasteiger partial charge in [-0.15, -0.1) is 0 Å². The van der Waals surface area contributed by atoms with E-state index in [1.807, 2.05) is 0 Å². The molecule has 0 unspecified atom stereocenters. The fourth-order valence-corrected chi connectivity index (χ4v) is 2.98. The summed E-state index contributed by atoms with van der Waals surface area (Å²) in [5, 5.41) is 8.86. The first kappa shape index (κ1) is 17.2. The molecule has 0 radical (unpaired) electrons. The molecule has 1 aliphatic rings. The quantitative estimate of drug-likeness (QED) is 0.816. The number of aliphatic hydroxyl groups excluding tert-OH is 1. The average molecular weight is 316 g/mol. The Balaban J connectivity index is 1.85. The van der Waals surface area contributed by atoms with Gasteiger partial charge in [-0.25, -0.2) is 13.2 Å². The fourth-order valence-electron chi connectivity index (χ4n) is 2.98. The molecule has 22 heavy (non-hydrogen) atoms. The monoisotopic (exact) mass is 316 g/mol. The minimum atomic E-state index is -1.41. The van der Waals surface area contributed by atoms with Gasteiger partial charge in [-0.1, -0.05) is 0 Å². The second-order valence-electron chi connectivity index (χ2n) is 5.94. The summed E-state index contributed by atoms with van der Waals surface area (Å²) < 4.78 is 39.4. The lowest BCUT2D eigenvalue weighted by atomic mass is 10.0. The SMILES string of the molecule is CN(CCCO)C1CCN(Cc2cc(F)c(F)c(F)c2)CC1. The van der Waals surface area contributed by atoms with E-state index in [2.05, 4.69) is 16.8 Å². The first-order valence-electron chi connectivity index (χ1n) is 7.68. The molecule has 1 N–H and O–H groups in total. The highest BCUT2D eigenvalue weighted by atomic mass is 19.2. The van der Waals surface area contributed by atoms with E-state index in [4.69, 9.17) is 5.11 Å². The molecular formula is C16H23F3N2O. The van der Waals surface area contributed by atoms with Gasteiger partial charge in [0.1, 0.15) is 0 Å². The molecule has 1 aromatic rings. The Bertz CT molecular complexity index is 467. The second-order valence-corrected chi connectivity index (χ2v) is 5.94. The van der Waals surface area contributed by atoms with Gasteiger partial charge in [0.05, 0.1) is 0 Å². The molecule has 1 fully saturated rings. The third-order valence-electron chi connectivity index (χ3n) is 4.30. The molecule has 1 heterocycles. The van der Waals surface area contributed by atoms with Crippen LogP contribution in [0.15, 0.2) is 12.1 Å². The number of halogens is 3. The first-order valence-corrected chi connectivity index (χ1v) is 7.68. The minimum Gasteiger partial charge on any atom is -0.396 e. The van der Waals surface area contributed by atoms with Crippen LogP contribution in [-0.2, 0) is 6.54 Å². The largest absolute Gasteiger partial charge is 0.396 e. The standard InChI is InChI=1S/C16H23F3N2O/c1-20(5-2-8-22)13-3-6-21(7-4-13)11-12-9-14(17)16(19)15(18)10-12/h9-10,13,22H,2-8,11H2,1H3. The normalized spacial score (nSPS) is 17.4. The lowest BCUT2D eigenvalue weighted by molar-refractivity contribution is 0.117. The number of likely N-dealkylation sites (tertiary alicyclic amines) is 1. The van der Waals surface area contributed by atoms with Crippen molar-refractivity contribution in [1.29, 1.82) is 0 Å². The molecule has 0 amide bonds. The van der Waals surface area contributed by atoms with Crippen LogP contribution in [0.5, 0.6) is 0 Å². The van der Waals surface area contributed by atoms with E-state index in [9.17, 15) is 13.2 Å². The van der Waals surface area contributed by atoms with Crippen molar-refractivity contribution in [3.05, 3.63) is 35.1 Å². The van der Waals surface area contributed by atoms with Crippen molar-refractivity contribution in [1.82, 2.24) is 9.80 Å². The van der Waals surface area contributed by atoms with Crippen LogP contribution in [0.2, 0.25) is 0 Å². The molecule has 0 aromatic heterocycles. The van der Waals surface area contributed by atoms with Gasteiger partial charge in [-0.05, 0) is 57.1 Å². The predicted molar refractivity (Wildman–Crippen MR) is 78.9 cm³/mol. The first-order chi connectivity index (χ1) is 10.5. The Labute approximate surface area is 129 Å². The van der Waals surface area contributed by atoms with Gasteiger partial charge < -0.3 is 10.0 Å². The summed E-state index contributed by atoms with van der Waals surface area (Å²) in [5.41, 5.74) is 0.462. The summed E-state index contributed by atoms with van der Waals surface area (Å²) in [6.07, 6.45) is 2.73. The lowest BCUT2D eigenvalue weighted by Gasteiger charge is -2.36. The van der Waals surface area contributed by atoms with Crippen molar-refractivity contribution in [2.45, 2.75) is 31.8 Å². The van der Waals surface area contributed by atoms with Crippen molar-refractivity contribution < 1.29 is 18.3 Å². The Kier molecular flexibility index (Phi) is 6.23. The highest BCUT2D eigenvalue weighted by Crippen LogP contribution is 2.20. The predicted octanol–water partition coefficient (Wildman–Crippen LogP) is 2.38. The van der Waals surface area contributed by atoms with Crippen LogP contribution in [0.25, 0.3) is 0 Å². The summed E-state index contributed by atoms with van der Waals surface area (Å²) in [5.74, 6) is -3.67. The molecule has 0 saturated carbocycles. The summed E-state index contributed by atoms with van der Waals surface area (Å²) in [4.78, 5) is 4.38. The molecule has 0 bridgehead atoms. The maximum atomic E-state index is 13.2. The van der Waals surface area contributed by atoms with E-state index in [-0.39, 0.29) is 6.61 Å². The third kappa shape index (κ3) is 4.44. The molecule has 6 heteroatoms. The number of nitrogens with zero attached hydrogens (tertiary/aromatic N) is 2. The summed E-state index contributed by atoms with van der Waals surface area (Å²) in [6, 6.07) is 2.61. The van der Waals surface area contributed by atoms with Crippen LogP contribution in [0.4, 0.5) is 13.2 Å². The summed E-state index contributed by atoms with van der Waals surface area (Å²) >= 11 is 0. The zero-order valence-electron chi connectivity index (χ0n) is 12.9. The number of rotatable bonds is 6. The van der Waals surface area contributed by atoms with Crippen LogP contribution in [0.1, 0.15) is 24.8 Å². The molecule has 1 saturated heterocycles. The molecule has 1 aromatic carbocycles. The van der Waals surface area contributed by atoms with Crippen molar-refractivity contribution in [2.24, 2.45) is 0 Å². The van der Waals surface area contributed by atoms with Crippen LogP contribution in [0.3, 0.4) is 0 Å². The van der Waals surface area contributed by atoms with Crippen LogP contribution >= 0.6 is 0 Å².